The Labute approximate surface area is 167 Å². The molecule has 0 saturated heterocycles. The van der Waals surface area contributed by atoms with E-state index in [9.17, 15) is 9.59 Å². The molecule has 0 amide bonds. The molecule has 3 aromatic carbocycles. The highest BCUT2D eigenvalue weighted by atomic mass is 32.2. The molecule has 3 aromatic rings. The van der Waals surface area contributed by atoms with E-state index in [0.29, 0.717) is 0 Å². The quantitative estimate of drug-likeness (QED) is 0.363. The van der Waals surface area contributed by atoms with Gasteiger partial charge in [0.2, 0.25) is 0 Å². The van der Waals surface area contributed by atoms with Gasteiger partial charge >= 0.3 is 11.9 Å². The highest BCUT2D eigenvalue weighted by Crippen LogP contribution is 2.28. The van der Waals surface area contributed by atoms with Gasteiger partial charge in [0.05, 0.1) is 0 Å². The molecule has 6 heteroatoms. The van der Waals surface area contributed by atoms with Crippen molar-refractivity contribution in [3.05, 3.63) is 78.9 Å². The molecule has 28 heavy (non-hydrogen) atoms. The van der Waals surface area contributed by atoms with Gasteiger partial charge in [-0.05, 0) is 60.7 Å². The minimum absolute atomic E-state index is 0.280. The van der Waals surface area contributed by atoms with E-state index in [1.54, 1.807) is 48.2 Å². The molecule has 0 aliphatic rings. The van der Waals surface area contributed by atoms with E-state index in [1.165, 1.54) is 0 Å². The van der Waals surface area contributed by atoms with Gasteiger partial charge < -0.3 is 14.4 Å². The Balaban J connectivity index is 1.55. The maximum Gasteiger partial charge on any atom is 0.423 e. The van der Waals surface area contributed by atoms with Gasteiger partial charge in [-0.25, -0.2) is 9.59 Å². The van der Waals surface area contributed by atoms with E-state index < -0.39 is 11.9 Å². The van der Waals surface area contributed by atoms with Gasteiger partial charge in [0.25, 0.3) is 0 Å². The SMILES string of the molecule is CN(C)c1ccc(OC(=O)C(=O)Oc2ccc(Sc3ccccc3)cc2)cc1. The minimum Gasteiger partial charge on any atom is -0.418 e. The second-order valence-electron chi connectivity index (χ2n) is 6.05. The smallest absolute Gasteiger partial charge is 0.418 e. The Morgan fingerprint density at radius 3 is 1.64 bits per heavy atom. The Morgan fingerprint density at radius 1 is 0.679 bits per heavy atom. The van der Waals surface area contributed by atoms with Crippen molar-refractivity contribution in [1.29, 1.82) is 0 Å². The van der Waals surface area contributed by atoms with Gasteiger partial charge in [-0.2, -0.15) is 0 Å². The van der Waals surface area contributed by atoms with Gasteiger partial charge in [0, 0.05) is 29.6 Å². The summed E-state index contributed by atoms with van der Waals surface area (Å²) in [6, 6.07) is 23.7. The van der Waals surface area contributed by atoms with Crippen molar-refractivity contribution < 1.29 is 19.1 Å². The highest BCUT2D eigenvalue weighted by Gasteiger charge is 2.19. The van der Waals surface area contributed by atoms with Crippen LogP contribution in [0.1, 0.15) is 0 Å². The van der Waals surface area contributed by atoms with Gasteiger partial charge in [-0.15, -0.1) is 0 Å². The van der Waals surface area contributed by atoms with Crippen LogP contribution in [0.4, 0.5) is 5.69 Å². The number of carbonyl (C=O) groups excluding carboxylic acids is 2. The molecule has 0 bridgehead atoms. The fourth-order valence-corrected chi connectivity index (χ4v) is 3.15. The predicted octanol–water partition coefficient (Wildman–Crippen LogP) is 4.41. The standard InChI is InChI=1S/C22H19NO4S/c1-23(2)16-8-10-17(11-9-16)26-21(24)22(25)27-18-12-14-20(15-13-18)28-19-6-4-3-5-7-19/h3-15H,1-2H3. The molecular formula is C22H19NO4S. The molecule has 0 aliphatic heterocycles. The maximum atomic E-state index is 12.0. The molecule has 0 heterocycles. The van der Waals surface area contributed by atoms with Crippen molar-refractivity contribution in [2.24, 2.45) is 0 Å². The molecule has 0 aliphatic carbocycles. The summed E-state index contributed by atoms with van der Waals surface area (Å²) in [5.41, 5.74) is 0.954. The first-order valence-electron chi connectivity index (χ1n) is 8.55. The average molecular weight is 393 g/mol. The molecule has 3 rings (SSSR count). The number of esters is 2. The topological polar surface area (TPSA) is 55.8 Å². The van der Waals surface area contributed by atoms with Crippen molar-refractivity contribution >= 4 is 29.4 Å². The van der Waals surface area contributed by atoms with Crippen LogP contribution in [-0.2, 0) is 9.59 Å². The van der Waals surface area contributed by atoms with E-state index in [0.717, 1.165) is 15.5 Å². The summed E-state index contributed by atoms with van der Waals surface area (Å²) in [4.78, 5) is 27.9. The number of hydrogen-bond acceptors (Lipinski definition) is 6. The number of hydrogen-bond donors (Lipinski definition) is 0. The first-order valence-corrected chi connectivity index (χ1v) is 9.37. The third kappa shape index (κ3) is 5.37. The van der Waals surface area contributed by atoms with Crippen LogP contribution in [0, 0.1) is 0 Å². The monoisotopic (exact) mass is 393 g/mol. The fraction of sp³-hybridized carbons (Fsp3) is 0.0909. The minimum atomic E-state index is -1.07. The molecule has 0 fully saturated rings. The lowest BCUT2D eigenvalue weighted by Crippen LogP contribution is -2.25. The van der Waals surface area contributed by atoms with Gasteiger partial charge in [0.1, 0.15) is 11.5 Å². The van der Waals surface area contributed by atoms with Crippen molar-refractivity contribution in [1.82, 2.24) is 0 Å². The first kappa shape index (κ1) is 19.5. The summed E-state index contributed by atoms with van der Waals surface area (Å²) in [5.74, 6) is -1.58. The predicted molar refractivity (Wildman–Crippen MR) is 109 cm³/mol. The third-order valence-corrected chi connectivity index (χ3v) is 4.76. The average Bonchev–Trinajstić information content (AvgIpc) is 2.70. The maximum absolute atomic E-state index is 12.0. The largest absolute Gasteiger partial charge is 0.423 e. The summed E-state index contributed by atoms with van der Waals surface area (Å²) < 4.78 is 10.1. The zero-order chi connectivity index (χ0) is 19.9. The van der Waals surface area contributed by atoms with Crippen molar-refractivity contribution in [3.8, 4) is 11.5 Å². The van der Waals surface area contributed by atoms with Crippen molar-refractivity contribution in [2.75, 3.05) is 19.0 Å². The fourth-order valence-electron chi connectivity index (χ4n) is 2.31. The molecular weight excluding hydrogens is 374 g/mol. The summed E-state index contributed by atoms with van der Waals surface area (Å²) in [6.45, 7) is 0. The lowest BCUT2D eigenvalue weighted by atomic mass is 10.3. The summed E-state index contributed by atoms with van der Waals surface area (Å²) in [7, 11) is 3.81. The number of nitrogens with zero attached hydrogens (tertiary/aromatic N) is 1. The van der Waals surface area contributed by atoms with E-state index in [-0.39, 0.29) is 11.5 Å². The Morgan fingerprint density at radius 2 is 1.14 bits per heavy atom. The molecule has 5 nitrogen and oxygen atoms in total. The van der Waals surface area contributed by atoms with Gasteiger partial charge in [0.15, 0.2) is 0 Å². The van der Waals surface area contributed by atoms with E-state index in [1.807, 2.05) is 61.5 Å². The number of anilines is 1. The van der Waals surface area contributed by atoms with Crippen LogP contribution in [0.2, 0.25) is 0 Å². The number of rotatable bonds is 5. The van der Waals surface area contributed by atoms with E-state index in [2.05, 4.69) is 0 Å². The second-order valence-corrected chi connectivity index (χ2v) is 7.20. The van der Waals surface area contributed by atoms with Crippen LogP contribution in [0.15, 0.2) is 88.7 Å². The number of carbonyl (C=O) groups is 2. The lowest BCUT2D eigenvalue weighted by molar-refractivity contribution is -0.156. The normalized spacial score (nSPS) is 10.2. The number of ether oxygens (including phenoxy) is 2. The van der Waals surface area contributed by atoms with Crippen LogP contribution in [-0.4, -0.2) is 26.0 Å². The molecule has 0 spiro atoms. The Bertz CT molecular complexity index is 939. The third-order valence-electron chi connectivity index (χ3n) is 3.74. The lowest BCUT2D eigenvalue weighted by Gasteiger charge is -2.12. The van der Waals surface area contributed by atoms with Crippen molar-refractivity contribution in [2.45, 2.75) is 9.79 Å². The van der Waals surface area contributed by atoms with Crippen LogP contribution >= 0.6 is 11.8 Å². The van der Waals surface area contributed by atoms with Crippen LogP contribution in [0.5, 0.6) is 11.5 Å². The molecule has 0 unspecified atom stereocenters. The second kappa shape index (κ2) is 9.10. The zero-order valence-electron chi connectivity index (χ0n) is 15.5. The molecule has 0 saturated carbocycles. The number of benzene rings is 3. The summed E-state index contributed by atoms with van der Waals surface area (Å²) in [6.07, 6.45) is 0. The highest BCUT2D eigenvalue weighted by molar-refractivity contribution is 7.99. The van der Waals surface area contributed by atoms with Gasteiger partial charge in [-0.1, -0.05) is 30.0 Å². The summed E-state index contributed by atoms with van der Waals surface area (Å²) in [5, 5.41) is 0. The van der Waals surface area contributed by atoms with Crippen molar-refractivity contribution in [3.63, 3.8) is 0 Å². The van der Waals surface area contributed by atoms with E-state index in [4.69, 9.17) is 9.47 Å². The Kier molecular flexibility index (Phi) is 6.34. The molecule has 0 N–H and O–H groups in total. The summed E-state index contributed by atoms with van der Waals surface area (Å²) >= 11 is 1.59. The molecule has 0 aromatic heterocycles. The molecule has 0 atom stereocenters. The van der Waals surface area contributed by atoms with Crippen LogP contribution < -0.4 is 14.4 Å². The molecule has 142 valence electrons. The Hall–Kier alpha value is -3.25. The zero-order valence-corrected chi connectivity index (χ0v) is 16.3. The molecule has 0 radical (unpaired) electrons. The van der Waals surface area contributed by atoms with Gasteiger partial charge in [-0.3, -0.25) is 0 Å². The van der Waals surface area contributed by atoms with Crippen LogP contribution in [0.25, 0.3) is 0 Å². The first-order chi connectivity index (χ1) is 13.5. The van der Waals surface area contributed by atoms with E-state index >= 15 is 0 Å². The van der Waals surface area contributed by atoms with Crippen LogP contribution in [0.3, 0.4) is 0 Å².